The minimum Gasteiger partial charge on any atom is -0.483 e. The van der Waals surface area contributed by atoms with Gasteiger partial charge in [-0.1, -0.05) is 31.5 Å². The van der Waals surface area contributed by atoms with Crippen molar-refractivity contribution in [2.45, 2.75) is 40.2 Å². The van der Waals surface area contributed by atoms with Gasteiger partial charge in [0.1, 0.15) is 11.6 Å². The number of carbonyl (C=O) groups excluding carboxylic acids is 1. The second kappa shape index (κ2) is 10.6. The average molecular weight is 418 g/mol. The topological polar surface area (TPSA) is 120 Å². The number of para-hydroxylation sites is 1. The quantitative estimate of drug-likeness (QED) is 0.605. The number of rotatable bonds is 10. The number of carbonyl (C=O) groups is 1. The molecule has 2 aromatic rings. The van der Waals surface area contributed by atoms with E-state index in [0.29, 0.717) is 18.7 Å². The van der Waals surface area contributed by atoms with E-state index in [0.717, 1.165) is 17.5 Å². The van der Waals surface area contributed by atoms with Crippen molar-refractivity contribution < 1.29 is 14.3 Å². The van der Waals surface area contributed by atoms with Crippen LogP contribution in [0.4, 0.5) is 11.5 Å². The predicted octanol–water partition coefficient (Wildman–Crippen LogP) is 1.59. The van der Waals surface area contributed by atoms with Gasteiger partial charge in [-0.25, -0.2) is 4.79 Å². The Morgan fingerprint density at radius 1 is 1.23 bits per heavy atom. The number of nitrogen functional groups attached to an aromatic ring is 1. The van der Waals surface area contributed by atoms with E-state index in [-0.39, 0.29) is 31.3 Å². The molecule has 164 valence electrons. The lowest BCUT2D eigenvalue weighted by atomic mass is 10.1. The summed E-state index contributed by atoms with van der Waals surface area (Å²) in [5, 5.41) is 0. The predicted molar refractivity (Wildman–Crippen MR) is 116 cm³/mol. The summed E-state index contributed by atoms with van der Waals surface area (Å²) in [4.78, 5) is 41.2. The monoisotopic (exact) mass is 418 g/mol. The third kappa shape index (κ3) is 5.29. The van der Waals surface area contributed by atoms with Gasteiger partial charge in [0.25, 0.3) is 11.5 Å². The van der Waals surface area contributed by atoms with Gasteiger partial charge in [0, 0.05) is 20.2 Å². The summed E-state index contributed by atoms with van der Waals surface area (Å²) >= 11 is 0. The lowest BCUT2D eigenvalue weighted by Gasteiger charge is -2.24. The molecule has 3 N–H and O–H groups in total. The number of ether oxygens (including phenoxy) is 2. The largest absolute Gasteiger partial charge is 0.483 e. The maximum absolute atomic E-state index is 13.0. The Morgan fingerprint density at radius 3 is 2.50 bits per heavy atom. The number of methoxy groups -OCH3 is 1. The van der Waals surface area contributed by atoms with E-state index in [1.165, 1.54) is 16.6 Å². The van der Waals surface area contributed by atoms with Crippen LogP contribution in [0.15, 0.2) is 27.8 Å². The number of aryl methyl sites for hydroxylation is 2. The third-order valence-corrected chi connectivity index (χ3v) is 4.79. The second-order valence-electron chi connectivity index (χ2n) is 7.05. The smallest absolute Gasteiger partial charge is 0.330 e. The molecule has 1 amide bonds. The molecule has 1 aromatic carbocycles. The molecule has 0 bridgehead atoms. The molecule has 1 heterocycles. The summed E-state index contributed by atoms with van der Waals surface area (Å²) in [5.41, 5.74) is 6.57. The zero-order chi connectivity index (χ0) is 22.3. The van der Waals surface area contributed by atoms with Crippen molar-refractivity contribution in [1.82, 2.24) is 9.55 Å². The molecule has 9 heteroatoms. The van der Waals surface area contributed by atoms with E-state index in [2.05, 4.69) is 4.98 Å². The van der Waals surface area contributed by atoms with Crippen molar-refractivity contribution in [2.24, 2.45) is 0 Å². The number of aromatic nitrogens is 2. The van der Waals surface area contributed by atoms with Crippen molar-refractivity contribution >= 4 is 17.4 Å². The van der Waals surface area contributed by atoms with Gasteiger partial charge in [-0.15, -0.1) is 0 Å². The zero-order valence-corrected chi connectivity index (χ0v) is 18.0. The van der Waals surface area contributed by atoms with Crippen LogP contribution in [0.1, 0.15) is 30.9 Å². The van der Waals surface area contributed by atoms with Crippen molar-refractivity contribution in [3.63, 3.8) is 0 Å². The number of benzene rings is 1. The lowest BCUT2D eigenvalue weighted by molar-refractivity contribution is -0.120. The number of hydrogen-bond donors (Lipinski definition) is 2. The molecule has 0 saturated heterocycles. The number of hydrogen-bond acceptors (Lipinski definition) is 6. The number of nitrogens with one attached hydrogen (secondary N) is 1. The Labute approximate surface area is 175 Å². The average Bonchev–Trinajstić information content (AvgIpc) is 2.69. The molecule has 0 fully saturated rings. The minimum atomic E-state index is -0.721. The Bertz CT molecular complexity index is 976. The standard InChI is InChI=1S/C21H30N4O5/c1-5-6-10-25-19(22)17(20(27)23-21(25)28)24(11-12-29-4)16(26)13-30-18-14(2)8-7-9-15(18)3/h7-9H,5-6,10-13,22H2,1-4H3,(H,23,27,28). The number of amides is 1. The van der Waals surface area contributed by atoms with E-state index in [9.17, 15) is 14.4 Å². The molecule has 1 aromatic heterocycles. The van der Waals surface area contributed by atoms with Gasteiger partial charge in [-0.05, 0) is 31.4 Å². The Morgan fingerprint density at radius 2 is 1.90 bits per heavy atom. The number of anilines is 2. The van der Waals surface area contributed by atoms with Gasteiger partial charge in [0.15, 0.2) is 12.3 Å². The molecule has 0 radical (unpaired) electrons. The van der Waals surface area contributed by atoms with Gasteiger partial charge in [-0.2, -0.15) is 0 Å². The molecule has 30 heavy (non-hydrogen) atoms. The molecule has 0 unspecified atom stereocenters. The highest BCUT2D eigenvalue weighted by molar-refractivity contribution is 5.96. The van der Waals surface area contributed by atoms with Crippen LogP contribution in [0.3, 0.4) is 0 Å². The third-order valence-electron chi connectivity index (χ3n) is 4.79. The van der Waals surface area contributed by atoms with Crippen LogP contribution in [-0.4, -0.2) is 42.3 Å². The van der Waals surface area contributed by atoms with Gasteiger partial charge in [0.05, 0.1) is 6.61 Å². The van der Waals surface area contributed by atoms with Crippen LogP contribution in [0.2, 0.25) is 0 Å². The number of aromatic amines is 1. The summed E-state index contributed by atoms with van der Waals surface area (Å²) in [6.07, 6.45) is 1.55. The Balaban J connectivity index is 2.38. The summed E-state index contributed by atoms with van der Waals surface area (Å²) in [6.45, 7) is 6.09. The molecular formula is C21H30N4O5. The molecule has 0 aliphatic rings. The molecular weight excluding hydrogens is 388 g/mol. The zero-order valence-electron chi connectivity index (χ0n) is 18.0. The van der Waals surface area contributed by atoms with Crippen LogP contribution >= 0.6 is 0 Å². The maximum atomic E-state index is 13.0. The second-order valence-corrected chi connectivity index (χ2v) is 7.05. The first-order valence-corrected chi connectivity index (χ1v) is 9.92. The van der Waals surface area contributed by atoms with Gasteiger partial charge >= 0.3 is 5.69 Å². The van der Waals surface area contributed by atoms with Crippen LogP contribution < -0.4 is 26.6 Å². The maximum Gasteiger partial charge on any atom is 0.330 e. The molecule has 0 atom stereocenters. The Kier molecular flexibility index (Phi) is 8.23. The van der Waals surface area contributed by atoms with E-state index in [4.69, 9.17) is 15.2 Å². The summed E-state index contributed by atoms with van der Waals surface area (Å²) in [5.74, 6) is 0.105. The first kappa shape index (κ1) is 23.2. The fourth-order valence-electron chi connectivity index (χ4n) is 3.16. The van der Waals surface area contributed by atoms with Crippen molar-refractivity contribution in [1.29, 1.82) is 0 Å². The summed E-state index contributed by atoms with van der Waals surface area (Å²) in [6, 6.07) is 5.69. The fourth-order valence-corrected chi connectivity index (χ4v) is 3.16. The number of H-pyrrole nitrogens is 1. The van der Waals surface area contributed by atoms with E-state index in [1.54, 1.807) is 0 Å². The number of unbranched alkanes of at least 4 members (excludes halogenated alkanes) is 1. The van der Waals surface area contributed by atoms with E-state index < -0.39 is 17.2 Å². The fraction of sp³-hybridized carbons (Fsp3) is 0.476. The van der Waals surface area contributed by atoms with E-state index in [1.807, 2.05) is 39.0 Å². The van der Waals surface area contributed by atoms with Gasteiger partial charge < -0.3 is 15.2 Å². The Hall–Kier alpha value is -3.07. The van der Waals surface area contributed by atoms with Crippen LogP contribution in [-0.2, 0) is 16.1 Å². The van der Waals surface area contributed by atoms with Crippen LogP contribution in [0, 0.1) is 13.8 Å². The normalized spacial score (nSPS) is 10.8. The molecule has 0 aliphatic heterocycles. The van der Waals surface area contributed by atoms with Crippen LogP contribution in [0.25, 0.3) is 0 Å². The van der Waals surface area contributed by atoms with Crippen molar-refractivity contribution in [3.8, 4) is 5.75 Å². The number of nitrogens with zero attached hydrogens (tertiary/aromatic N) is 2. The lowest BCUT2D eigenvalue weighted by Crippen LogP contribution is -2.44. The first-order chi connectivity index (χ1) is 14.3. The highest BCUT2D eigenvalue weighted by Gasteiger charge is 2.24. The molecule has 0 aliphatic carbocycles. The highest BCUT2D eigenvalue weighted by atomic mass is 16.5. The minimum absolute atomic E-state index is 0.0475. The highest BCUT2D eigenvalue weighted by Crippen LogP contribution is 2.23. The SMILES string of the molecule is CCCCn1c(N)c(N(CCOC)C(=O)COc2c(C)cccc2C)c(=O)[nH]c1=O. The van der Waals surface area contributed by atoms with Gasteiger partial charge in [-0.3, -0.25) is 24.0 Å². The molecule has 9 nitrogen and oxygen atoms in total. The molecule has 0 spiro atoms. The first-order valence-electron chi connectivity index (χ1n) is 9.92. The molecule has 0 saturated carbocycles. The van der Waals surface area contributed by atoms with Gasteiger partial charge in [0.2, 0.25) is 0 Å². The van der Waals surface area contributed by atoms with Crippen LogP contribution in [0.5, 0.6) is 5.75 Å². The van der Waals surface area contributed by atoms with Crippen molar-refractivity contribution in [3.05, 3.63) is 50.2 Å². The summed E-state index contributed by atoms with van der Waals surface area (Å²) < 4.78 is 12.1. The van der Waals surface area contributed by atoms with E-state index >= 15 is 0 Å². The van der Waals surface area contributed by atoms with Crippen molar-refractivity contribution in [2.75, 3.05) is 37.5 Å². The summed E-state index contributed by atoms with van der Waals surface area (Å²) in [7, 11) is 1.49. The number of nitrogens with two attached hydrogens (primary N) is 1. The molecule has 2 rings (SSSR count).